The highest BCUT2D eigenvalue weighted by Crippen LogP contribution is 2.18. The average molecular weight is 200 g/mol. The van der Waals surface area contributed by atoms with Gasteiger partial charge >= 0.3 is 0 Å². The zero-order chi connectivity index (χ0) is 10.7. The van der Waals surface area contributed by atoms with E-state index in [4.69, 9.17) is 10.00 Å². The molecule has 0 unspecified atom stereocenters. The Morgan fingerprint density at radius 1 is 1.33 bits per heavy atom. The smallest absolute Gasteiger partial charge is 0.188 e. The first-order valence-corrected chi connectivity index (χ1v) is 4.42. The van der Waals surface area contributed by atoms with Crippen molar-refractivity contribution in [3.8, 4) is 11.8 Å². The highest BCUT2D eigenvalue weighted by atomic mass is 16.5. The van der Waals surface area contributed by atoms with E-state index in [9.17, 15) is 5.21 Å². The number of nitriles is 1. The third-order valence-electron chi connectivity index (χ3n) is 2.03. The van der Waals surface area contributed by atoms with Crippen molar-refractivity contribution in [3.63, 3.8) is 0 Å². The molecule has 4 nitrogen and oxygen atoms in total. The van der Waals surface area contributed by atoms with E-state index in [1.165, 1.54) is 12.4 Å². The highest BCUT2D eigenvalue weighted by Gasteiger charge is 2.00. The molecule has 0 aliphatic heterocycles. The molecule has 0 atom stereocenters. The van der Waals surface area contributed by atoms with E-state index in [2.05, 4.69) is 0 Å². The molecule has 0 bridgehead atoms. The molecule has 1 aromatic carbocycles. The zero-order valence-electron chi connectivity index (χ0n) is 7.88. The quantitative estimate of drug-likeness (QED) is 0.543. The fourth-order valence-corrected chi connectivity index (χ4v) is 1.36. The van der Waals surface area contributed by atoms with Gasteiger partial charge in [0.15, 0.2) is 19.0 Å². The number of fused-ring (bicyclic) bond motifs is 1. The van der Waals surface area contributed by atoms with Crippen LogP contribution in [0, 0.1) is 16.5 Å². The van der Waals surface area contributed by atoms with E-state index in [0.717, 1.165) is 15.5 Å². The molecule has 74 valence electrons. The summed E-state index contributed by atoms with van der Waals surface area (Å²) in [6.45, 7) is 0.00964. The number of hydrogen-bond acceptors (Lipinski definition) is 3. The lowest BCUT2D eigenvalue weighted by atomic mass is 10.2. The fraction of sp³-hybridized carbons (Fsp3) is 0.0909. The Labute approximate surface area is 86.5 Å². The number of ether oxygens (including phenoxy) is 1. The summed E-state index contributed by atoms with van der Waals surface area (Å²) >= 11 is 0. The van der Waals surface area contributed by atoms with E-state index in [1.807, 2.05) is 12.1 Å². The molecule has 0 aliphatic rings. The standard InChI is InChI=1S/C11H8N2O2/c12-4-6-15-11-2-1-9-3-5-13(14)8-10(9)7-11/h1-3,5,7-8H,6H2. The summed E-state index contributed by atoms with van der Waals surface area (Å²) in [7, 11) is 0. The maximum absolute atomic E-state index is 11.0. The minimum Gasteiger partial charge on any atom is -0.619 e. The van der Waals surface area contributed by atoms with Crippen LogP contribution in [0.3, 0.4) is 0 Å². The number of aromatic nitrogens is 1. The van der Waals surface area contributed by atoms with Crippen molar-refractivity contribution in [1.29, 1.82) is 5.26 Å². The van der Waals surface area contributed by atoms with Gasteiger partial charge in [0.2, 0.25) is 0 Å². The third kappa shape index (κ3) is 1.97. The van der Waals surface area contributed by atoms with Crippen LogP contribution in [-0.4, -0.2) is 6.61 Å². The Hall–Kier alpha value is -2.28. The first-order valence-electron chi connectivity index (χ1n) is 4.42. The molecule has 0 aliphatic carbocycles. The van der Waals surface area contributed by atoms with E-state index in [0.29, 0.717) is 5.75 Å². The Balaban J connectivity index is 2.41. The number of benzene rings is 1. The van der Waals surface area contributed by atoms with Gasteiger partial charge in [0, 0.05) is 6.07 Å². The molecule has 0 fully saturated rings. The maximum Gasteiger partial charge on any atom is 0.188 e. The van der Waals surface area contributed by atoms with Gasteiger partial charge in [0.25, 0.3) is 0 Å². The van der Waals surface area contributed by atoms with Crippen LogP contribution in [0.1, 0.15) is 0 Å². The minimum atomic E-state index is 0.00964. The van der Waals surface area contributed by atoms with Crippen molar-refractivity contribution in [3.05, 3.63) is 41.9 Å². The van der Waals surface area contributed by atoms with Gasteiger partial charge in [0.1, 0.15) is 11.8 Å². The molecular weight excluding hydrogens is 192 g/mol. The van der Waals surface area contributed by atoms with Crippen LogP contribution in [-0.2, 0) is 0 Å². The molecule has 0 amide bonds. The van der Waals surface area contributed by atoms with Gasteiger partial charge < -0.3 is 9.94 Å². The molecule has 15 heavy (non-hydrogen) atoms. The second kappa shape index (κ2) is 3.84. The van der Waals surface area contributed by atoms with Gasteiger partial charge in [-0.15, -0.1) is 0 Å². The molecule has 4 heteroatoms. The van der Waals surface area contributed by atoms with Crippen molar-refractivity contribution >= 4 is 10.8 Å². The summed E-state index contributed by atoms with van der Waals surface area (Å²) in [4.78, 5) is 0. The van der Waals surface area contributed by atoms with Crippen LogP contribution in [0.25, 0.3) is 10.8 Å². The van der Waals surface area contributed by atoms with Crippen LogP contribution < -0.4 is 9.47 Å². The van der Waals surface area contributed by atoms with Gasteiger partial charge in [-0.25, -0.2) is 0 Å². The zero-order valence-corrected chi connectivity index (χ0v) is 7.88. The SMILES string of the molecule is N#CCOc1ccc2cc[n+]([O-])cc2c1. The molecule has 1 heterocycles. The molecule has 0 N–H and O–H groups in total. The lowest BCUT2D eigenvalue weighted by molar-refractivity contribution is -0.603. The van der Waals surface area contributed by atoms with Crippen molar-refractivity contribution in [2.45, 2.75) is 0 Å². The molecule has 2 rings (SSSR count). The summed E-state index contributed by atoms with van der Waals surface area (Å²) in [5.41, 5.74) is 0. The second-order valence-corrected chi connectivity index (χ2v) is 3.04. The topological polar surface area (TPSA) is 60.0 Å². The predicted molar refractivity (Wildman–Crippen MR) is 54.0 cm³/mol. The van der Waals surface area contributed by atoms with Crippen molar-refractivity contribution in [1.82, 2.24) is 0 Å². The molecule has 0 radical (unpaired) electrons. The Bertz CT molecular complexity index is 532. The molecule has 1 aromatic heterocycles. The first-order chi connectivity index (χ1) is 7.29. The van der Waals surface area contributed by atoms with Gasteiger partial charge in [-0.2, -0.15) is 9.99 Å². The van der Waals surface area contributed by atoms with E-state index in [1.54, 1.807) is 18.2 Å². The van der Waals surface area contributed by atoms with Crippen molar-refractivity contribution < 1.29 is 9.47 Å². The number of pyridine rings is 1. The normalized spacial score (nSPS) is 9.80. The Morgan fingerprint density at radius 3 is 3.00 bits per heavy atom. The highest BCUT2D eigenvalue weighted by molar-refractivity contribution is 5.82. The summed E-state index contributed by atoms with van der Waals surface area (Å²) < 4.78 is 5.86. The summed E-state index contributed by atoms with van der Waals surface area (Å²) in [6, 6.07) is 8.98. The molecule has 2 aromatic rings. The number of nitrogens with zero attached hydrogens (tertiary/aromatic N) is 2. The van der Waals surface area contributed by atoms with Crippen LogP contribution in [0.2, 0.25) is 0 Å². The fourth-order valence-electron chi connectivity index (χ4n) is 1.36. The number of rotatable bonds is 2. The van der Waals surface area contributed by atoms with Crippen LogP contribution >= 0.6 is 0 Å². The molecular formula is C11H8N2O2. The summed E-state index contributed by atoms with van der Waals surface area (Å²) in [6.07, 6.45) is 2.91. The predicted octanol–water partition coefficient (Wildman–Crippen LogP) is 1.38. The van der Waals surface area contributed by atoms with Gasteiger partial charge in [-0.1, -0.05) is 6.07 Å². The van der Waals surface area contributed by atoms with Gasteiger partial charge in [-0.05, 0) is 17.5 Å². The largest absolute Gasteiger partial charge is 0.619 e. The van der Waals surface area contributed by atoms with Gasteiger partial charge in [-0.3, -0.25) is 0 Å². The Kier molecular flexibility index (Phi) is 2.38. The lowest BCUT2D eigenvalue weighted by Crippen LogP contribution is -2.23. The van der Waals surface area contributed by atoms with Crippen molar-refractivity contribution in [2.24, 2.45) is 0 Å². The van der Waals surface area contributed by atoms with Gasteiger partial charge in [0.05, 0.1) is 5.39 Å². The van der Waals surface area contributed by atoms with E-state index in [-0.39, 0.29) is 6.61 Å². The number of hydrogen-bond donors (Lipinski definition) is 0. The van der Waals surface area contributed by atoms with Crippen LogP contribution in [0.4, 0.5) is 0 Å². The average Bonchev–Trinajstić information content (AvgIpc) is 2.25. The molecule has 0 spiro atoms. The van der Waals surface area contributed by atoms with Crippen molar-refractivity contribution in [2.75, 3.05) is 6.61 Å². The van der Waals surface area contributed by atoms with E-state index < -0.39 is 0 Å². The third-order valence-corrected chi connectivity index (χ3v) is 2.03. The van der Waals surface area contributed by atoms with E-state index >= 15 is 0 Å². The summed E-state index contributed by atoms with van der Waals surface area (Å²) in [5, 5.41) is 21.1. The second-order valence-electron chi connectivity index (χ2n) is 3.04. The lowest BCUT2D eigenvalue weighted by Gasteiger charge is -2.03. The molecule has 0 saturated heterocycles. The van der Waals surface area contributed by atoms with Crippen LogP contribution in [0.5, 0.6) is 5.75 Å². The molecule has 0 saturated carbocycles. The monoisotopic (exact) mass is 200 g/mol. The minimum absolute atomic E-state index is 0.00964. The first kappa shape index (κ1) is 9.28. The van der Waals surface area contributed by atoms with Crippen LogP contribution in [0.15, 0.2) is 36.7 Å². The Morgan fingerprint density at radius 2 is 2.20 bits per heavy atom. The summed E-state index contributed by atoms with van der Waals surface area (Å²) in [5.74, 6) is 0.593. The maximum atomic E-state index is 11.0.